The molecule has 1 aliphatic heterocycles. The lowest BCUT2D eigenvalue weighted by molar-refractivity contribution is -0.121. The van der Waals surface area contributed by atoms with Crippen LogP contribution in [0.15, 0.2) is 48.5 Å². The fraction of sp³-hybridized carbons (Fsp3) is 0.300. The Morgan fingerprint density at radius 1 is 1.00 bits per heavy atom. The van der Waals surface area contributed by atoms with Gasteiger partial charge < -0.3 is 10.6 Å². The van der Waals surface area contributed by atoms with Crippen LogP contribution < -0.4 is 10.6 Å². The SMILES string of the molecule is O=C(NCc1ccc(Cl)cc1)Nc1ccc(CC(=O)[C@H]2CCS(=O)(=O)C2)cc1. The van der Waals surface area contributed by atoms with E-state index < -0.39 is 15.8 Å². The maximum Gasteiger partial charge on any atom is 0.319 e. The zero-order valence-corrected chi connectivity index (χ0v) is 16.7. The van der Waals surface area contributed by atoms with Crippen LogP contribution in [-0.2, 0) is 27.6 Å². The Labute approximate surface area is 169 Å². The van der Waals surface area contributed by atoms with Crippen molar-refractivity contribution in [3.05, 3.63) is 64.7 Å². The van der Waals surface area contributed by atoms with Crippen molar-refractivity contribution in [2.24, 2.45) is 5.92 Å². The van der Waals surface area contributed by atoms with E-state index in [1.54, 1.807) is 36.4 Å². The molecule has 1 atom stereocenters. The first-order valence-corrected chi connectivity index (χ1v) is 11.1. The number of hydrogen-bond donors (Lipinski definition) is 2. The fourth-order valence-corrected chi connectivity index (χ4v) is 4.96. The summed E-state index contributed by atoms with van der Waals surface area (Å²) in [6, 6.07) is 13.8. The molecule has 2 aromatic carbocycles. The average molecular weight is 421 g/mol. The van der Waals surface area contributed by atoms with Gasteiger partial charge in [-0.05, 0) is 41.8 Å². The number of halogens is 1. The van der Waals surface area contributed by atoms with Crippen molar-refractivity contribution >= 4 is 38.9 Å². The molecular weight excluding hydrogens is 400 g/mol. The van der Waals surface area contributed by atoms with Crippen molar-refractivity contribution in [1.82, 2.24) is 5.32 Å². The standard InChI is InChI=1S/C20H21ClN2O4S/c21-17-5-1-15(2-6-17)12-22-20(25)23-18-7-3-14(4-8-18)11-19(24)16-9-10-28(26,27)13-16/h1-8,16H,9-13H2,(H2,22,23,25)/t16-/m0/s1. The van der Waals surface area contributed by atoms with Gasteiger partial charge in [-0.1, -0.05) is 35.9 Å². The van der Waals surface area contributed by atoms with Crippen molar-refractivity contribution in [3.63, 3.8) is 0 Å². The van der Waals surface area contributed by atoms with Crippen LogP contribution >= 0.6 is 11.6 Å². The van der Waals surface area contributed by atoms with Gasteiger partial charge in [-0.25, -0.2) is 13.2 Å². The van der Waals surface area contributed by atoms with Gasteiger partial charge in [0, 0.05) is 29.6 Å². The molecule has 8 heteroatoms. The summed E-state index contributed by atoms with van der Waals surface area (Å²) in [5.41, 5.74) is 2.33. The summed E-state index contributed by atoms with van der Waals surface area (Å²) < 4.78 is 23.0. The van der Waals surface area contributed by atoms with E-state index in [2.05, 4.69) is 10.6 Å². The predicted octanol–water partition coefficient (Wildman–Crippen LogP) is 3.21. The topological polar surface area (TPSA) is 92.3 Å². The van der Waals surface area contributed by atoms with E-state index in [0.29, 0.717) is 23.7 Å². The molecule has 28 heavy (non-hydrogen) atoms. The number of carbonyl (C=O) groups is 2. The first kappa shape index (κ1) is 20.4. The second-order valence-electron chi connectivity index (χ2n) is 6.87. The number of nitrogens with one attached hydrogen (secondary N) is 2. The number of amides is 2. The smallest absolute Gasteiger partial charge is 0.319 e. The number of carbonyl (C=O) groups excluding carboxylic acids is 2. The number of rotatable bonds is 6. The molecule has 1 heterocycles. The quantitative estimate of drug-likeness (QED) is 0.750. The van der Waals surface area contributed by atoms with E-state index in [1.165, 1.54) is 0 Å². The van der Waals surface area contributed by atoms with E-state index in [1.807, 2.05) is 12.1 Å². The molecule has 148 valence electrons. The molecule has 0 saturated carbocycles. The zero-order valence-electron chi connectivity index (χ0n) is 15.2. The Morgan fingerprint density at radius 2 is 1.64 bits per heavy atom. The second-order valence-corrected chi connectivity index (χ2v) is 9.54. The summed E-state index contributed by atoms with van der Waals surface area (Å²) in [7, 11) is -3.06. The van der Waals surface area contributed by atoms with Crippen molar-refractivity contribution in [3.8, 4) is 0 Å². The van der Waals surface area contributed by atoms with Crippen LogP contribution in [-0.4, -0.2) is 31.7 Å². The number of urea groups is 1. The second kappa shape index (κ2) is 8.75. The molecule has 2 amide bonds. The van der Waals surface area contributed by atoms with E-state index >= 15 is 0 Å². The Bertz CT molecular complexity index is 957. The predicted molar refractivity (Wildman–Crippen MR) is 109 cm³/mol. The largest absolute Gasteiger partial charge is 0.334 e. The first-order chi connectivity index (χ1) is 13.3. The van der Waals surface area contributed by atoms with Gasteiger partial charge in [0.15, 0.2) is 9.84 Å². The molecule has 0 aliphatic carbocycles. The molecule has 0 aromatic heterocycles. The van der Waals surface area contributed by atoms with Crippen molar-refractivity contribution in [2.75, 3.05) is 16.8 Å². The third-order valence-corrected chi connectivity index (χ3v) is 6.66. The van der Waals surface area contributed by atoms with Crippen LogP contribution in [0.2, 0.25) is 5.02 Å². The molecular formula is C20H21ClN2O4S. The highest BCUT2D eigenvalue weighted by Crippen LogP contribution is 2.21. The highest BCUT2D eigenvalue weighted by Gasteiger charge is 2.32. The lowest BCUT2D eigenvalue weighted by Crippen LogP contribution is -2.28. The van der Waals surface area contributed by atoms with Gasteiger partial charge in [0.1, 0.15) is 5.78 Å². The van der Waals surface area contributed by atoms with Gasteiger partial charge in [-0.3, -0.25) is 4.79 Å². The van der Waals surface area contributed by atoms with Crippen LogP contribution in [0.25, 0.3) is 0 Å². The summed E-state index contributed by atoms with van der Waals surface area (Å²) in [5, 5.41) is 6.12. The highest BCUT2D eigenvalue weighted by molar-refractivity contribution is 7.91. The van der Waals surface area contributed by atoms with E-state index in [4.69, 9.17) is 11.6 Å². The number of hydrogen-bond acceptors (Lipinski definition) is 4. The van der Waals surface area contributed by atoms with Gasteiger partial charge in [-0.2, -0.15) is 0 Å². The van der Waals surface area contributed by atoms with Gasteiger partial charge >= 0.3 is 6.03 Å². The molecule has 0 unspecified atom stereocenters. The Morgan fingerprint density at radius 3 is 2.25 bits per heavy atom. The summed E-state index contributed by atoms with van der Waals surface area (Å²) >= 11 is 5.83. The van der Waals surface area contributed by atoms with Gasteiger partial charge in [-0.15, -0.1) is 0 Å². The molecule has 2 aromatic rings. The monoisotopic (exact) mass is 420 g/mol. The lowest BCUT2D eigenvalue weighted by Gasteiger charge is -2.10. The average Bonchev–Trinajstić information content (AvgIpc) is 3.03. The van der Waals surface area contributed by atoms with Crippen LogP contribution in [0.4, 0.5) is 10.5 Å². The third-order valence-electron chi connectivity index (χ3n) is 4.64. The van der Waals surface area contributed by atoms with E-state index in [9.17, 15) is 18.0 Å². The van der Waals surface area contributed by atoms with Crippen molar-refractivity contribution in [2.45, 2.75) is 19.4 Å². The number of sulfone groups is 1. The summed E-state index contributed by atoms with van der Waals surface area (Å²) in [4.78, 5) is 24.2. The molecule has 0 radical (unpaired) electrons. The van der Waals surface area contributed by atoms with Crippen molar-refractivity contribution < 1.29 is 18.0 Å². The lowest BCUT2D eigenvalue weighted by atomic mass is 9.97. The molecule has 1 saturated heterocycles. The third kappa shape index (κ3) is 5.81. The number of benzene rings is 2. The molecule has 1 fully saturated rings. The van der Waals surface area contributed by atoms with Gasteiger partial charge in [0.2, 0.25) is 0 Å². The maximum atomic E-state index is 12.3. The minimum Gasteiger partial charge on any atom is -0.334 e. The van der Waals surface area contributed by atoms with Crippen LogP contribution in [0.1, 0.15) is 17.5 Å². The van der Waals surface area contributed by atoms with Crippen LogP contribution in [0, 0.1) is 5.92 Å². The Kier molecular flexibility index (Phi) is 6.36. The minimum absolute atomic E-state index is 0.0424. The summed E-state index contributed by atoms with van der Waals surface area (Å²) in [6.45, 7) is 0.375. The maximum absolute atomic E-state index is 12.3. The van der Waals surface area contributed by atoms with Gasteiger partial charge in [0.25, 0.3) is 0 Å². The highest BCUT2D eigenvalue weighted by atomic mass is 35.5. The molecule has 1 aliphatic rings. The molecule has 2 N–H and O–H groups in total. The molecule has 0 spiro atoms. The Balaban J connectivity index is 1.48. The van der Waals surface area contributed by atoms with E-state index in [-0.39, 0.29) is 29.7 Å². The summed E-state index contributed by atoms with van der Waals surface area (Å²) in [5.74, 6) is -0.402. The first-order valence-electron chi connectivity index (χ1n) is 8.92. The van der Waals surface area contributed by atoms with Crippen molar-refractivity contribution in [1.29, 1.82) is 0 Å². The number of Topliss-reactive ketones (excluding diaryl/α,β-unsaturated/α-hetero) is 1. The van der Waals surface area contributed by atoms with E-state index in [0.717, 1.165) is 11.1 Å². The molecule has 6 nitrogen and oxygen atoms in total. The van der Waals surface area contributed by atoms with Gasteiger partial charge in [0.05, 0.1) is 11.5 Å². The number of ketones is 1. The van der Waals surface area contributed by atoms with Crippen LogP contribution in [0.3, 0.4) is 0 Å². The molecule has 0 bridgehead atoms. The normalized spacial score (nSPS) is 17.8. The Hall–Kier alpha value is -2.38. The summed E-state index contributed by atoms with van der Waals surface area (Å²) in [6.07, 6.45) is 0.609. The van der Waals surface area contributed by atoms with Crippen LogP contribution in [0.5, 0.6) is 0 Å². The fourth-order valence-electron chi connectivity index (χ4n) is 3.06. The molecule has 3 rings (SSSR count). The number of anilines is 1. The minimum atomic E-state index is -3.06. The zero-order chi connectivity index (χ0) is 20.1.